The molecule has 1 aromatic heterocycles. The quantitative estimate of drug-likeness (QED) is 0.826. The molecule has 1 aliphatic rings. The first-order valence-electron chi connectivity index (χ1n) is 5.13. The third-order valence-corrected chi connectivity index (χ3v) is 2.87. The normalized spacial score (nSPS) is 21.8. The zero-order valence-electron chi connectivity index (χ0n) is 8.38. The second-order valence-electron chi connectivity index (χ2n) is 3.99. The second kappa shape index (κ2) is 3.89. The Balaban J connectivity index is 2.01. The Labute approximate surface area is 86.7 Å². The van der Waals surface area contributed by atoms with E-state index >= 15 is 0 Å². The Morgan fingerprint density at radius 1 is 1.47 bits per heavy atom. The van der Waals surface area contributed by atoms with Crippen molar-refractivity contribution in [1.82, 2.24) is 4.98 Å². The molecule has 0 aromatic carbocycles. The summed E-state index contributed by atoms with van der Waals surface area (Å²) in [6.07, 6.45) is 2.42. The van der Waals surface area contributed by atoms with Gasteiger partial charge in [0.05, 0.1) is 12.7 Å². The van der Waals surface area contributed by atoms with E-state index in [0.717, 1.165) is 0 Å². The smallest absolute Gasteiger partial charge is 0.248 e. The summed E-state index contributed by atoms with van der Waals surface area (Å²) in [6.45, 7) is 0.253. The fraction of sp³-hybridized carbons (Fsp3) is 0.700. The van der Waals surface area contributed by atoms with Crippen LogP contribution in [0.2, 0.25) is 0 Å². The van der Waals surface area contributed by atoms with E-state index in [1.54, 1.807) is 6.20 Å². The predicted octanol–water partition coefficient (Wildman–Crippen LogP) is 2.43. The summed E-state index contributed by atoms with van der Waals surface area (Å²) in [5, 5.41) is 0. The largest absolute Gasteiger partial charge is 0.444 e. The van der Waals surface area contributed by atoms with Crippen LogP contribution in [0.15, 0.2) is 10.6 Å². The van der Waals surface area contributed by atoms with Gasteiger partial charge in [-0.25, -0.2) is 13.8 Å². The molecule has 0 bridgehead atoms. The van der Waals surface area contributed by atoms with Gasteiger partial charge in [-0.15, -0.1) is 0 Å². The Bertz CT molecular complexity index is 328. The summed E-state index contributed by atoms with van der Waals surface area (Å²) in [6, 6.07) is 0. The van der Waals surface area contributed by atoms with Gasteiger partial charge < -0.3 is 10.2 Å². The van der Waals surface area contributed by atoms with Crippen molar-refractivity contribution in [2.45, 2.75) is 44.1 Å². The molecule has 1 aromatic rings. The van der Waals surface area contributed by atoms with Crippen molar-refractivity contribution in [1.29, 1.82) is 0 Å². The van der Waals surface area contributed by atoms with Gasteiger partial charge in [0, 0.05) is 18.8 Å². The van der Waals surface area contributed by atoms with Gasteiger partial charge in [-0.2, -0.15) is 0 Å². The van der Waals surface area contributed by atoms with Crippen molar-refractivity contribution < 1.29 is 13.2 Å². The summed E-state index contributed by atoms with van der Waals surface area (Å²) in [5.74, 6) is -1.24. The summed E-state index contributed by atoms with van der Waals surface area (Å²) in [7, 11) is 0. The van der Waals surface area contributed by atoms with Crippen molar-refractivity contribution in [3.05, 3.63) is 17.8 Å². The van der Waals surface area contributed by atoms with Gasteiger partial charge in [0.1, 0.15) is 5.76 Å². The molecule has 0 aliphatic heterocycles. The minimum atomic E-state index is -2.49. The van der Waals surface area contributed by atoms with Gasteiger partial charge in [0.25, 0.3) is 0 Å². The number of aromatic nitrogens is 1. The van der Waals surface area contributed by atoms with Crippen LogP contribution in [0.4, 0.5) is 8.78 Å². The monoisotopic (exact) mass is 216 g/mol. The van der Waals surface area contributed by atoms with E-state index < -0.39 is 5.92 Å². The molecule has 2 N–H and O–H groups in total. The molecule has 0 saturated heterocycles. The fourth-order valence-electron chi connectivity index (χ4n) is 1.93. The van der Waals surface area contributed by atoms with E-state index in [9.17, 15) is 8.78 Å². The van der Waals surface area contributed by atoms with Crippen LogP contribution in [0.1, 0.15) is 43.3 Å². The van der Waals surface area contributed by atoms with Gasteiger partial charge in [-0.1, -0.05) is 0 Å². The summed E-state index contributed by atoms with van der Waals surface area (Å²) in [4.78, 5) is 3.97. The fourth-order valence-corrected chi connectivity index (χ4v) is 1.93. The van der Waals surface area contributed by atoms with Crippen LogP contribution in [0.25, 0.3) is 0 Å². The summed E-state index contributed by atoms with van der Waals surface area (Å²) < 4.78 is 31.2. The van der Waals surface area contributed by atoms with Crippen LogP contribution < -0.4 is 5.73 Å². The van der Waals surface area contributed by atoms with Crippen LogP contribution in [0.5, 0.6) is 0 Å². The number of alkyl halides is 2. The highest BCUT2D eigenvalue weighted by Crippen LogP contribution is 2.40. The molecule has 1 aliphatic carbocycles. The van der Waals surface area contributed by atoms with Crippen LogP contribution in [0, 0.1) is 0 Å². The first-order chi connectivity index (χ1) is 7.11. The maximum Gasteiger partial charge on any atom is 0.248 e. The molecular weight excluding hydrogens is 202 g/mol. The van der Waals surface area contributed by atoms with Crippen LogP contribution in [-0.4, -0.2) is 10.9 Å². The van der Waals surface area contributed by atoms with Crippen LogP contribution >= 0.6 is 0 Å². The molecule has 3 nitrogen and oxygen atoms in total. The maximum atomic E-state index is 12.9. The molecule has 1 heterocycles. The van der Waals surface area contributed by atoms with Crippen molar-refractivity contribution in [2.75, 3.05) is 0 Å². The lowest BCUT2D eigenvalue weighted by atomic mass is 9.85. The lowest BCUT2D eigenvalue weighted by molar-refractivity contribution is -0.0395. The molecule has 1 fully saturated rings. The van der Waals surface area contributed by atoms with E-state index in [0.29, 0.717) is 24.5 Å². The zero-order chi connectivity index (χ0) is 10.9. The Morgan fingerprint density at radius 2 is 2.13 bits per heavy atom. The highest BCUT2D eigenvalue weighted by Gasteiger charge is 2.36. The van der Waals surface area contributed by atoms with E-state index in [-0.39, 0.29) is 25.3 Å². The van der Waals surface area contributed by atoms with Gasteiger partial charge in [-0.05, 0) is 12.8 Å². The molecule has 2 rings (SSSR count). The van der Waals surface area contributed by atoms with E-state index in [1.807, 2.05) is 0 Å². The third kappa shape index (κ3) is 2.34. The molecule has 0 unspecified atom stereocenters. The van der Waals surface area contributed by atoms with E-state index in [4.69, 9.17) is 10.2 Å². The van der Waals surface area contributed by atoms with Crippen LogP contribution in [-0.2, 0) is 6.54 Å². The second-order valence-corrected chi connectivity index (χ2v) is 3.99. The lowest BCUT2D eigenvalue weighted by Crippen LogP contribution is -2.23. The third-order valence-electron chi connectivity index (χ3n) is 2.87. The van der Waals surface area contributed by atoms with E-state index in [1.165, 1.54) is 0 Å². The lowest BCUT2D eigenvalue weighted by Gasteiger charge is -2.26. The zero-order valence-corrected chi connectivity index (χ0v) is 8.38. The van der Waals surface area contributed by atoms with Crippen molar-refractivity contribution in [2.24, 2.45) is 5.73 Å². The number of nitrogens with two attached hydrogens (primary N) is 1. The van der Waals surface area contributed by atoms with Crippen molar-refractivity contribution >= 4 is 0 Å². The highest BCUT2D eigenvalue weighted by molar-refractivity contribution is 5.04. The first kappa shape index (κ1) is 10.5. The number of rotatable bonds is 2. The number of oxazole rings is 1. The van der Waals surface area contributed by atoms with E-state index in [2.05, 4.69) is 4.98 Å². The number of hydrogen-bond donors (Lipinski definition) is 1. The van der Waals surface area contributed by atoms with Gasteiger partial charge >= 0.3 is 0 Å². The Hall–Kier alpha value is -0.970. The van der Waals surface area contributed by atoms with Gasteiger partial charge in [0.2, 0.25) is 11.8 Å². The van der Waals surface area contributed by atoms with Crippen LogP contribution in [0.3, 0.4) is 0 Å². The molecule has 0 amide bonds. The number of halogens is 2. The average Bonchev–Trinajstić information content (AvgIpc) is 2.66. The molecular formula is C10H14F2N2O. The molecule has 15 heavy (non-hydrogen) atoms. The molecule has 0 spiro atoms. The predicted molar refractivity (Wildman–Crippen MR) is 50.6 cm³/mol. The molecule has 84 valence electrons. The SMILES string of the molecule is NCc1ncc(C2CCC(F)(F)CC2)o1. The maximum absolute atomic E-state index is 12.9. The topological polar surface area (TPSA) is 52.0 Å². The Morgan fingerprint density at radius 3 is 2.67 bits per heavy atom. The minimum Gasteiger partial charge on any atom is -0.444 e. The summed E-state index contributed by atoms with van der Waals surface area (Å²) >= 11 is 0. The first-order valence-corrected chi connectivity index (χ1v) is 5.13. The number of nitrogens with zero attached hydrogens (tertiary/aromatic N) is 1. The van der Waals surface area contributed by atoms with Gasteiger partial charge in [-0.3, -0.25) is 0 Å². The highest BCUT2D eigenvalue weighted by atomic mass is 19.3. The molecule has 0 atom stereocenters. The summed E-state index contributed by atoms with van der Waals surface area (Å²) in [5.41, 5.74) is 5.36. The standard InChI is InChI=1S/C10H14F2N2O/c11-10(12)3-1-7(2-4-10)8-6-14-9(5-13)15-8/h6-7H,1-5,13H2. The van der Waals surface area contributed by atoms with Gasteiger partial charge in [0.15, 0.2) is 0 Å². The minimum absolute atomic E-state index is 0.0592. The number of hydrogen-bond acceptors (Lipinski definition) is 3. The van der Waals surface area contributed by atoms with Crippen molar-refractivity contribution in [3.8, 4) is 0 Å². The Kier molecular flexibility index (Phi) is 2.73. The molecule has 0 radical (unpaired) electrons. The molecule has 1 saturated carbocycles. The average molecular weight is 216 g/mol. The molecule has 5 heteroatoms. The van der Waals surface area contributed by atoms with Crippen molar-refractivity contribution in [3.63, 3.8) is 0 Å².